The number of benzene rings is 1. The average molecular weight is 236 g/mol. The van der Waals surface area contributed by atoms with E-state index in [2.05, 4.69) is 4.98 Å². The number of nitrogens with two attached hydrogens (primary N) is 1. The molecule has 0 saturated heterocycles. The quantitative estimate of drug-likeness (QED) is 0.890. The van der Waals surface area contributed by atoms with Crippen LogP contribution in [-0.4, -0.2) is 11.5 Å². The first-order valence-electron chi connectivity index (χ1n) is 5.11. The molecule has 1 aromatic heterocycles. The maximum absolute atomic E-state index is 13.2. The maximum atomic E-state index is 13.2. The summed E-state index contributed by atoms with van der Waals surface area (Å²) in [6.45, 7) is 2.46. The molecule has 2 aromatic rings. The molecule has 0 amide bonds. The Bertz CT molecular complexity index is 473. The summed E-state index contributed by atoms with van der Waals surface area (Å²) >= 11 is 1.53. The molecule has 1 heterocycles. The molecule has 0 aliphatic carbocycles. The Balaban J connectivity index is 2.34. The lowest BCUT2D eigenvalue weighted by atomic mass is 10.1. The Kier molecular flexibility index (Phi) is 3.31. The van der Waals surface area contributed by atoms with Crippen molar-refractivity contribution < 1.29 is 4.39 Å². The number of aromatic nitrogens is 1. The monoisotopic (exact) mass is 236 g/mol. The highest BCUT2D eigenvalue weighted by Gasteiger charge is 2.06. The highest BCUT2D eigenvalue weighted by Crippen LogP contribution is 2.25. The van der Waals surface area contributed by atoms with Crippen LogP contribution in [0.4, 0.5) is 4.39 Å². The van der Waals surface area contributed by atoms with Crippen molar-refractivity contribution in [2.24, 2.45) is 5.73 Å². The van der Waals surface area contributed by atoms with E-state index < -0.39 is 0 Å². The van der Waals surface area contributed by atoms with E-state index in [1.54, 1.807) is 0 Å². The van der Waals surface area contributed by atoms with Crippen molar-refractivity contribution >= 4 is 11.3 Å². The second kappa shape index (κ2) is 4.72. The van der Waals surface area contributed by atoms with Crippen LogP contribution < -0.4 is 5.73 Å². The van der Waals surface area contributed by atoms with Crippen molar-refractivity contribution in [2.75, 3.05) is 6.54 Å². The van der Waals surface area contributed by atoms with Gasteiger partial charge in [-0.2, -0.15) is 0 Å². The van der Waals surface area contributed by atoms with Gasteiger partial charge in [0.25, 0.3) is 0 Å². The van der Waals surface area contributed by atoms with Gasteiger partial charge in [0.2, 0.25) is 0 Å². The molecule has 1 aromatic carbocycles. The van der Waals surface area contributed by atoms with Crippen LogP contribution in [0.15, 0.2) is 23.6 Å². The predicted molar refractivity (Wildman–Crippen MR) is 65.0 cm³/mol. The number of halogens is 1. The molecule has 0 spiro atoms. The summed E-state index contributed by atoms with van der Waals surface area (Å²) in [6, 6.07) is 4.96. The molecule has 0 saturated carbocycles. The molecule has 16 heavy (non-hydrogen) atoms. The molecule has 2 N–H and O–H groups in total. The number of nitrogens with zero attached hydrogens (tertiary/aromatic N) is 1. The second-order valence-electron chi connectivity index (χ2n) is 3.70. The van der Waals surface area contributed by atoms with Gasteiger partial charge in [-0.05, 0) is 37.2 Å². The Hall–Kier alpha value is -1.26. The zero-order chi connectivity index (χ0) is 11.5. The van der Waals surface area contributed by atoms with E-state index in [1.807, 2.05) is 18.4 Å². The van der Waals surface area contributed by atoms with Crippen LogP contribution in [0, 0.1) is 12.7 Å². The molecule has 2 nitrogen and oxygen atoms in total. The van der Waals surface area contributed by atoms with E-state index in [-0.39, 0.29) is 5.82 Å². The number of thiazole rings is 1. The van der Waals surface area contributed by atoms with Gasteiger partial charge in [0, 0.05) is 17.4 Å². The SMILES string of the molecule is Cc1cc(F)cc(-c2nc(CCN)cs2)c1. The summed E-state index contributed by atoms with van der Waals surface area (Å²) in [5.74, 6) is -0.217. The highest BCUT2D eigenvalue weighted by molar-refractivity contribution is 7.13. The van der Waals surface area contributed by atoms with Crippen molar-refractivity contribution in [3.05, 3.63) is 40.7 Å². The van der Waals surface area contributed by atoms with E-state index in [9.17, 15) is 4.39 Å². The van der Waals surface area contributed by atoms with Gasteiger partial charge < -0.3 is 5.73 Å². The fourth-order valence-corrected chi connectivity index (χ4v) is 2.40. The highest BCUT2D eigenvalue weighted by atomic mass is 32.1. The molecule has 0 unspecified atom stereocenters. The molecule has 2 rings (SSSR count). The second-order valence-corrected chi connectivity index (χ2v) is 4.56. The first-order chi connectivity index (χ1) is 7.69. The number of aryl methyl sites for hydroxylation is 1. The van der Waals surface area contributed by atoms with E-state index in [0.717, 1.165) is 28.2 Å². The molecule has 0 aliphatic rings. The minimum atomic E-state index is -0.217. The van der Waals surface area contributed by atoms with Gasteiger partial charge in [0.15, 0.2) is 0 Å². The minimum absolute atomic E-state index is 0.217. The minimum Gasteiger partial charge on any atom is -0.330 e. The first kappa shape index (κ1) is 11.2. The summed E-state index contributed by atoms with van der Waals surface area (Å²) in [5.41, 5.74) is 8.18. The van der Waals surface area contributed by atoms with Crippen molar-refractivity contribution in [1.29, 1.82) is 0 Å². The lowest BCUT2D eigenvalue weighted by Crippen LogP contribution is -2.02. The molecule has 0 atom stereocenters. The van der Waals surface area contributed by atoms with Crippen LogP contribution in [0.3, 0.4) is 0 Å². The molecule has 4 heteroatoms. The van der Waals surface area contributed by atoms with E-state index in [4.69, 9.17) is 5.73 Å². The summed E-state index contributed by atoms with van der Waals surface area (Å²) in [6.07, 6.45) is 0.769. The third-order valence-electron chi connectivity index (χ3n) is 2.24. The molecule has 0 radical (unpaired) electrons. The summed E-state index contributed by atoms with van der Waals surface area (Å²) in [4.78, 5) is 4.42. The van der Waals surface area contributed by atoms with Gasteiger partial charge in [0.05, 0.1) is 5.69 Å². The van der Waals surface area contributed by atoms with Gasteiger partial charge in [-0.1, -0.05) is 0 Å². The smallest absolute Gasteiger partial charge is 0.124 e. The molecular weight excluding hydrogens is 223 g/mol. The van der Waals surface area contributed by atoms with Crippen LogP contribution >= 0.6 is 11.3 Å². The maximum Gasteiger partial charge on any atom is 0.124 e. The Morgan fingerprint density at radius 1 is 1.38 bits per heavy atom. The standard InChI is InChI=1S/C12H13FN2S/c1-8-4-9(6-10(13)5-8)12-15-11(2-3-14)7-16-12/h4-7H,2-3,14H2,1H3. The largest absolute Gasteiger partial charge is 0.330 e. The Labute approximate surface area is 97.9 Å². The lowest BCUT2D eigenvalue weighted by molar-refractivity contribution is 0.627. The van der Waals surface area contributed by atoms with Gasteiger partial charge in [-0.3, -0.25) is 0 Å². The summed E-state index contributed by atoms with van der Waals surface area (Å²) in [5, 5.41) is 2.83. The summed E-state index contributed by atoms with van der Waals surface area (Å²) < 4.78 is 13.2. The molecule has 0 aliphatic heterocycles. The Morgan fingerprint density at radius 2 is 2.19 bits per heavy atom. The van der Waals surface area contributed by atoms with Crippen LogP contribution in [0.2, 0.25) is 0 Å². The van der Waals surface area contributed by atoms with Crippen LogP contribution in [0.5, 0.6) is 0 Å². The predicted octanol–water partition coefficient (Wildman–Crippen LogP) is 2.76. The number of rotatable bonds is 3. The molecule has 0 bridgehead atoms. The van der Waals surface area contributed by atoms with E-state index in [0.29, 0.717) is 6.54 Å². The van der Waals surface area contributed by atoms with Crippen molar-refractivity contribution in [2.45, 2.75) is 13.3 Å². The van der Waals surface area contributed by atoms with Gasteiger partial charge >= 0.3 is 0 Å². The van der Waals surface area contributed by atoms with E-state index in [1.165, 1.54) is 23.5 Å². The third-order valence-corrected chi connectivity index (χ3v) is 3.18. The van der Waals surface area contributed by atoms with Crippen LogP contribution in [0.25, 0.3) is 10.6 Å². The van der Waals surface area contributed by atoms with Crippen molar-refractivity contribution in [3.8, 4) is 10.6 Å². The molecular formula is C12H13FN2S. The Morgan fingerprint density at radius 3 is 2.88 bits per heavy atom. The lowest BCUT2D eigenvalue weighted by Gasteiger charge is -1.99. The van der Waals surface area contributed by atoms with Crippen LogP contribution in [0.1, 0.15) is 11.3 Å². The van der Waals surface area contributed by atoms with Crippen molar-refractivity contribution in [1.82, 2.24) is 4.98 Å². The topological polar surface area (TPSA) is 38.9 Å². The molecule has 84 valence electrons. The number of hydrogen-bond donors (Lipinski definition) is 1. The van der Waals surface area contributed by atoms with Gasteiger partial charge in [-0.25, -0.2) is 9.37 Å². The van der Waals surface area contributed by atoms with Crippen molar-refractivity contribution in [3.63, 3.8) is 0 Å². The third kappa shape index (κ3) is 2.46. The first-order valence-corrected chi connectivity index (χ1v) is 5.99. The average Bonchev–Trinajstić information content (AvgIpc) is 2.65. The van der Waals surface area contributed by atoms with Gasteiger partial charge in [0.1, 0.15) is 10.8 Å². The molecule has 0 fully saturated rings. The fraction of sp³-hybridized carbons (Fsp3) is 0.250. The summed E-state index contributed by atoms with van der Waals surface area (Å²) in [7, 11) is 0. The number of hydrogen-bond acceptors (Lipinski definition) is 3. The zero-order valence-corrected chi connectivity index (χ0v) is 9.85. The van der Waals surface area contributed by atoms with Crippen LogP contribution in [-0.2, 0) is 6.42 Å². The van der Waals surface area contributed by atoms with Gasteiger partial charge in [-0.15, -0.1) is 11.3 Å². The van der Waals surface area contributed by atoms with E-state index >= 15 is 0 Å². The normalized spacial score (nSPS) is 10.7. The zero-order valence-electron chi connectivity index (χ0n) is 9.03. The fourth-order valence-electron chi connectivity index (χ4n) is 1.56.